The lowest BCUT2D eigenvalue weighted by Crippen LogP contribution is -2.25. The highest BCUT2D eigenvalue weighted by atomic mass is 16.5. The number of hydrogen-bond donors (Lipinski definition) is 1. The van der Waals surface area contributed by atoms with E-state index in [4.69, 9.17) is 4.74 Å². The first kappa shape index (κ1) is 15.1. The van der Waals surface area contributed by atoms with Crippen LogP contribution in [0.3, 0.4) is 0 Å². The van der Waals surface area contributed by atoms with Gasteiger partial charge in [0.25, 0.3) is 5.56 Å². The topological polar surface area (TPSA) is 64.3 Å². The summed E-state index contributed by atoms with van der Waals surface area (Å²) in [6.45, 7) is 3.95. The van der Waals surface area contributed by atoms with E-state index in [1.165, 1.54) is 12.1 Å². The van der Waals surface area contributed by atoms with Crippen LogP contribution in [0.4, 0.5) is 0 Å². The summed E-state index contributed by atoms with van der Waals surface area (Å²) in [5.74, 6) is 1.35. The molecule has 23 heavy (non-hydrogen) atoms. The van der Waals surface area contributed by atoms with Gasteiger partial charge in [0, 0.05) is 12.0 Å². The van der Waals surface area contributed by atoms with Crippen LogP contribution in [0.2, 0.25) is 0 Å². The Bertz CT molecular complexity index is 929. The summed E-state index contributed by atoms with van der Waals surface area (Å²) in [6, 6.07) is 12.0. The van der Waals surface area contributed by atoms with Gasteiger partial charge < -0.3 is 9.84 Å². The number of aromatic hydroxyl groups is 1. The Morgan fingerprint density at radius 2 is 1.91 bits per heavy atom. The lowest BCUT2D eigenvalue weighted by atomic mass is 10.1. The first-order chi connectivity index (χ1) is 11.0. The number of methoxy groups -OCH3 is 1. The second kappa shape index (κ2) is 5.76. The first-order valence-corrected chi connectivity index (χ1v) is 7.42. The second-order valence-corrected chi connectivity index (χ2v) is 5.64. The SMILES string of the molecule is COc1ccccc1-n1c(C(C)C)nc2cc(O)ccc2c1=O. The number of aromatic nitrogens is 2. The van der Waals surface area contributed by atoms with Crippen molar-refractivity contribution in [3.05, 3.63) is 58.6 Å². The van der Waals surface area contributed by atoms with Gasteiger partial charge in [-0.15, -0.1) is 0 Å². The highest BCUT2D eigenvalue weighted by Gasteiger charge is 2.17. The van der Waals surface area contributed by atoms with Crippen molar-refractivity contribution in [2.75, 3.05) is 7.11 Å². The Morgan fingerprint density at radius 3 is 2.61 bits per heavy atom. The molecule has 1 N–H and O–H groups in total. The van der Waals surface area contributed by atoms with Gasteiger partial charge in [0.2, 0.25) is 0 Å². The molecule has 5 nitrogen and oxygen atoms in total. The highest BCUT2D eigenvalue weighted by Crippen LogP contribution is 2.26. The van der Waals surface area contributed by atoms with E-state index in [-0.39, 0.29) is 17.2 Å². The van der Waals surface area contributed by atoms with Crippen LogP contribution in [0.1, 0.15) is 25.6 Å². The van der Waals surface area contributed by atoms with Crippen molar-refractivity contribution in [3.63, 3.8) is 0 Å². The number of phenols is 1. The maximum Gasteiger partial charge on any atom is 0.266 e. The molecule has 0 saturated heterocycles. The Kier molecular flexibility index (Phi) is 3.78. The molecule has 118 valence electrons. The summed E-state index contributed by atoms with van der Waals surface area (Å²) in [7, 11) is 1.57. The number of para-hydroxylation sites is 2. The third-order valence-corrected chi connectivity index (χ3v) is 3.72. The third-order valence-electron chi connectivity index (χ3n) is 3.72. The lowest BCUT2D eigenvalue weighted by Gasteiger charge is -2.18. The lowest BCUT2D eigenvalue weighted by molar-refractivity contribution is 0.412. The first-order valence-electron chi connectivity index (χ1n) is 7.42. The predicted molar refractivity (Wildman–Crippen MR) is 89.6 cm³/mol. The molecule has 0 bridgehead atoms. The van der Waals surface area contributed by atoms with Crippen molar-refractivity contribution in [3.8, 4) is 17.2 Å². The average Bonchev–Trinajstić information content (AvgIpc) is 2.54. The Labute approximate surface area is 133 Å². The number of phenolic OH excluding ortho intramolecular Hbond substituents is 1. The minimum absolute atomic E-state index is 0.0272. The third kappa shape index (κ3) is 2.54. The van der Waals surface area contributed by atoms with Gasteiger partial charge in [-0.1, -0.05) is 26.0 Å². The molecule has 1 heterocycles. The number of nitrogens with zero attached hydrogens (tertiary/aromatic N) is 2. The fraction of sp³-hybridized carbons (Fsp3) is 0.222. The maximum atomic E-state index is 13.0. The van der Waals surface area contributed by atoms with E-state index in [9.17, 15) is 9.90 Å². The molecular formula is C18H18N2O3. The zero-order chi connectivity index (χ0) is 16.6. The summed E-state index contributed by atoms with van der Waals surface area (Å²) in [5, 5.41) is 10.1. The van der Waals surface area contributed by atoms with Crippen molar-refractivity contribution in [2.24, 2.45) is 0 Å². The van der Waals surface area contributed by atoms with Crippen LogP contribution in [0.25, 0.3) is 16.6 Å². The summed E-state index contributed by atoms with van der Waals surface area (Å²) in [5.41, 5.74) is 0.972. The van der Waals surface area contributed by atoms with Gasteiger partial charge in [-0.3, -0.25) is 9.36 Å². The fourth-order valence-electron chi connectivity index (χ4n) is 2.63. The molecule has 2 aromatic carbocycles. The molecular weight excluding hydrogens is 292 g/mol. The van der Waals surface area contributed by atoms with Crippen molar-refractivity contribution in [2.45, 2.75) is 19.8 Å². The molecule has 0 amide bonds. The number of rotatable bonds is 3. The molecule has 0 unspecified atom stereocenters. The summed E-state index contributed by atoms with van der Waals surface area (Å²) in [6.07, 6.45) is 0. The Morgan fingerprint density at radius 1 is 1.17 bits per heavy atom. The normalized spacial score (nSPS) is 11.1. The van der Waals surface area contributed by atoms with E-state index in [1.807, 2.05) is 38.1 Å². The van der Waals surface area contributed by atoms with E-state index >= 15 is 0 Å². The standard InChI is InChI=1S/C18H18N2O3/c1-11(2)17-19-14-10-12(21)8-9-13(14)18(22)20(17)15-6-4-5-7-16(15)23-3/h4-11,21H,1-3H3. The Balaban J connectivity index is 2.44. The van der Waals surface area contributed by atoms with Crippen LogP contribution in [-0.4, -0.2) is 21.8 Å². The van der Waals surface area contributed by atoms with Crippen LogP contribution in [0.15, 0.2) is 47.3 Å². The molecule has 0 radical (unpaired) electrons. The van der Waals surface area contributed by atoms with E-state index in [2.05, 4.69) is 4.98 Å². The Hall–Kier alpha value is -2.82. The molecule has 0 fully saturated rings. The quantitative estimate of drug-likeness (QED) is 0.806. The van der Waals surface area contributed by atoms with Gasteiger partial charge in [-0.05, 0) is 24.3 Å². The smallest absolute Gasteiger partial charge is 0.266 e. The average molecular weight is 310 g/mol. The molecule has 0 saturated carbocycles. The number of hydrogen-bond acceptors (Lipinski definition) is 4. The van der Waals surface area contributed by atoms with Crippen molar-refractivity contribution >= 4 is 10.9 Å². The fourth-order valence-corrected chi connectivity index (χ4v) is 2.63. The predicted octanol–water partition coefficient (Wildman–Crippen LogP) is 3.22. The van der Waals surface area contributed by atoms with Gasteiger partial charge in [0.15, 0.2) is 0 Å². The molecule has 0 spiro atoms. The van der Waals surface area contributed by atoms with E-state index < -0.39 is 0 Å². The van der Waals surface area contributed by atoms with Crippen LogP contribution in [0, 0.1) is 0 Å². The zero-order valence-corrected chi connectivity index (χ0v) is 13.3. The minimum atomic E-state index is -0.178. The van der Waals surface area contributed by atoms with Crippen molar-refractivity contribution in [1.29, 1.82) is 0 Å². The number of fused-ring (bicyclic) bond motifs is 1. The maximum absolute atomic E-state index is 13.0. The van der Waals surface area contributed by atoms with E-state index in [1.54, 1.807) is 17.7 Å². The number of benzene rings is 2. The molecule has 1 aromatic heterocycles. The minimum Gasteiger partial charge on any atom is -0.508 e. The molecule has 0 aliphatic carbocycles. The van der Waals surface area contributed by atoms with Crippen LogP contribution in [0.5, 0.6) is 11.5 Å². The van der Waals surface area contributed by atoms with Crippen molar-refractivity contribution < 1.29 is 9.84 Å². The van der Waals surface area contributed by atoms with E-state index in [0.717, 1.165) is 0 Å². The van der Waals surface area contributed by atoms with Gasteiger partial charge >= 0.3 is 0 Å². The zero-order valence-electron chi connectivity index (χ0n) is 13.3. The van der Waals surface area contributed by atoms with Crippen LogP contribution in [-0.2, 0) is 0 Å². The largest absolute Gasteiger partial charge is 0.508 e. The van der Waals surface area contributed by atoms with Crippen LogP contribution < -0.4 is 10.3 Å². The van der Waals surface area contributed by atoms with Crippen LogP contribution >= 0.6 is 0 Å². The monoisotopic (exact) mass is 310 g/mol. The number of ether oxygens (including phenoxy) is 1. The van der Waals surface area contributed by atoms with Gasteiger partial charge in [0.05, 0.1) is 23.7 Å². The molecule has 0 aliphatic rings. The molecule has 0 atom stereocenters. The molecule has 5 heteroatoms. The van der Waals surface area contributed by atoms with Gasteiger partial charge in [-0.25, -0.2) is 4.98 Å². The molecule has 3 aromatic rings. The van der Waals surface area contributed by atoms with E-state index in [0.29, 0.717) is 28.2 Å². The van der Waals surface area contributed by atoms with Gasteiger partial charge in [0.1, 0.15) is 17.3 Å². The van der Waals surface area contributed by atoms with Gasteiger partial charge in [-0.2, -0.15) is 0 Å². The van der Waals surface area contributed by atoms with Crippen molar-refractivity contribution in [1.82, 2.24) is 9.55 Å². The summed E-state index contributed by atoms with van der Waals surface area (Å²) < 4.78 is 6.98. The molecule has 3 rings (SSSR count). The highest BCUT2D eigenvalue weighted by molar-refractivity contribution is 5.79. The molecule has 0 aliphatic heterocycles. The second-order valence-electron chi connectivity index (χ2n) is 5.64. The summed E-state index contributed by atoms with van der Waals surface area (Å²) in [4.78, 5) is 17.6. The summed E-state index contributed by atoms with van der Waals surface area (Å²) >= 11 is 0.